The fourth-order valence-electron chi connectivity index (χ4n) is 3.64. The molecule has 1 aliphatic carbocycles. The summed E-state index contributed by atoms with van der Waals surface area (Å²) in [6.07, 6.45) is 5.38. The van der Waals surface area contributed by atoms with Crippen molar-refractivity contribution >= 4 is 17.5 Å². The van der Waals surface area contributed by atoms with E-state index in [1.54, 1.807) is 6.20 Å². The Labute approximate surface area is 168 Å². The van der Waals surface area contributed by atoms with Crippen molar-refractivity contribution in [2.24, 2.45) is 0 Å². The largest absolute Gasteiger partial charge is 0.449 e. The van der Waals surface area contributed by atoms with Crippen molar-refractivity contribution in [2.45, 2.75) is 52.5 Å². The molecule has 2 aromatic rings. The zero-order valence-electron chi connectivity index (χ0n) is 17.2. The van der Waals surface area contributed by atoms with Crippen molar-refractivity contribution in [2.75, 3.05) is 29.5 Å². The monoisotopic (exact) mass is 381 g/mol. The number of pyridine rings is 1. The van der Waals surface area contributed by atoms with Crippen LogP contribution >= 0.6 is 0 Å². The molecule has 0 N–H and O–H groups in total. The molecule has 0 unspecified atom stereocenters. The van der Waals surface area contributed by atoms with E-state index < -0.39 is 0 Å². The lowest BCUT2D eigenvalue weighted by Crippen LogP contribution is -2.45. The number of amides is 1. The first-order valence-electron chi connectivity index (χ1n) is 10.4. The normalized spacial score (nSPS) is 13.7. The number of hydrogen-bond acceptors (Lipinski definition) is 4. The van der Waals surface area contributed by atoms with Gasteiger partial charge in [-0.2, -0.15) is 0 Å². The molecule has 0 spiro atoms. The van der Waals surface area contributed by atoms with Gasteiger partial charge in [0.25, 0.3) is 0 Å². The molecule has 0 radical (unpaired) electrons. The molecule has 3 rings (SSSR count). The Morgan fingerprint density at radius 3 is 2.54 bits per heavy atom. The molecule has 1 amide bonds. The second-order valence-corrected chi connectivity index (χ2v) is 7.28. The molecule has 150 valence electrons. The molecule has 1 aliphatic rings. The van der Waals surface area contributed by atoms with Crippen molar-refractivity contribution < 1.29 is 9.53 Å². The van der Waals surface area contributed by atoms with E-state index in [0.29, 0.717) is 13.0 Å². The SMILES string of the molecule is CCN(CC)c1ccc(N(C(=O)OCCc2ccccn2)C2CCC2)c(C)c1. The van der Waals surface area contributed by atoms with E-state index in [2.05, 4.69) is 48.9 Å². The van der Waals surface area contributed by atoms with Crippen LogP contribution in [0.4, 0.5) is 16.2 Å². The Kier molecular flexibility index (Phi) is 6.90. The molecule has 1 saturated carbocycles. The van der Waals surface area contributed by atoms with Gasteiger partial charge in [-0.3, -0.25) is 9.88 Å². The Morgan fingerprint density at radius 2 is 1.96 bits per heavy atom. The first-order chi connectivity index (χ1) is 13.6. The third-order valence-electron chi connectivity index (χ3n) is 5.51. The van der Waals surface area contributed by atoms with Crippen LogP contribution in [-0.4, -0.2) is 36.8 Å². The molecule has 0 saturated heterocycles. The highest BCUT2D eigenvalue weighted by Crippen LogP contribution is 2.34. The minimum atomic E-state index is -0.251. The summed E-state index contributed by atoms with van der Waals surface area (Å²) in [5, 5.41) is 0. The van der Waals surface area contributed by atoms with Gasteiger partial charge in [0.2, 0.25) is 0 Å². The van der Waals surface area contributed by atoms with Gasteiger partial charge in [-0.15, -0.1) is 0 Å². The van der Waals surface area contributed by atoms with Crippen LogP contribution in [-0.2, 0) is 11.2 Å². The van der Waals surface area contributed by atoms with Crippen molar-refractivity contribution in [3.05, 3.63) is 53.9 Å². The maximum Gasteiger partial charge on any atom is 0.414 e. The lowest BCUT2D eigenvalue weighted by molar-refractivity contribution is 0.148. The van der Waals surface area contributed by atoms with Gasteiger partial charge in [0.05, 0.1) is 12.3 Å². The Morgan fingerprint density at radius 1 is 1.18 bits per heavy atom. The fraction of sp³-hybridized carbons (Fsp3) is 0.478. The van der Waals surface area contributed by atoms with E-state index in [1.165, 1.54) is 12.1 Å². The van der Waals surface area contributed by atoms with Crippen LogP contribution in [0, 0.1) is 6.92 Å². The standard InChI is InChI=1S/C23H31N3O2/c1-4-25(5-2)21-12-13-22(18(3)17-21)26(20-10-8-11-20)23(27)28-16-14-19-9-6-7-15-24-19/h6-7,9,12-13,15,17,20H,4-5,8,10-11,14,16H2,1-3H3. The first kappa shape index (κ1) is 20.2. The first-order valence-corrected chi connectivity index (χ1v) is 10.4. The molecule has 28 heavy (non-hydrogen) atoms. The molecule has 0 aliphatic heterocycles. The van der Waals surface area contributed by atoms with Crippen LogP contribution in [0.1, 0.15) is 44.4 Å². The number of rotatable bonds is 8. The minimum Gasteiger partial charge on any atom is -0.449 e. The summed E-state index contributed by atoms with van der Waals surface area (Å²) < 4.78 is 5.63. The Bertz CT molecular complexity index is 771. The molecule has 0 bridgehead atoms. The zero-order chi connectivity index (χ0) is 19.9. The number of carbonyl (C=O) groups excluding carboxylic acids is 1. The number of anilines is 2. The van der Waals surface area contributed by atoms with Gasteiger partial charge in [-0.1, -0.05) is 6.07 Å². The topological polar surface area (TPSA) is 45.7 Å². The maximum absolute atomic E-state index is 12.9. The van der Waals surface area contributed by atoms with Crippen LogP contribution in [0.5, 0.6) is 0 Å². The number of aromatic nitrogens is 1. The predicted molar refractivity (Wildman–Crippen MR) is 114 cm³/mol. The van der Waals surface area contributed by atoms with Gasteiger partial charge in [0.15, 0.2) is 0 Å². The van der Waals surface area contributed by atoms with Gasteiger partial charge in [0, 0.05) is 43.1 Å². The molecular formula is C23H31N3O2. The van der Waals surface area contributed by atoms with E-state index in [4.69, 9.17) is 4.74 Å². The number of hydrogen-bond donors (Lipinski definition) is 0. The minimum absolute atomic E-state index is 0.236. The van der Waals surface area contributed by atoms with Gasteiger partial charge < -0.3 is 9.64 Å². The van der Waals surface area contributed by atoms with Gasteiger partial charge >= 0.3 is 6.09 Å². The molecule has 1 fully saturated rings. The average Bonchev–Trinajstić information content (AvgIpc) is 2.67. The second kappa shape index (κ2) is 9.58. The molecule has 0 atom stereocenters. The third kappa shape index (κ3) is 4.64. The highest BCUT2D eigenvalue weighted by molar-refractivity contribution is 5.90. The van der Waals surface area contributed by atoms with Crippen LogP contribution in [0.2, 0.25) is 0 Å². The Balaban J connectivity index is 1.72. The molecule has 1 aromatic heterocycles. The second-order valence-electron chi connectivity index (χ2n) is 7.28. The summed E-state index contributed by atoms with van der Waals surface area (Å²) in [5.74, 6) is 0. The maximum atomic E-state index is 12.9. The smallest absolute Gasteiger partial charge is 0.414 e. The fourth-order valence-corrected chi connectivity index (χ4v) is 3.64. The summed E-state index contributed by atoms with van der Waals surface area (Å²) in [7, 11) is 0. The van der Waals surface area contributed by atoms with E-state index in [0.717, 1.165) is 42.9 Å². The molecule has 1 aromatic carbocycles. The Hall–Kier alpha value is -2.56. The lowest BCUT2D eigenvalue weighted by atomic mass is 9.91. The molecular weight excluding hydrogens is 350 g/mol. The van der Waals surface area contributed by atoms with E-state index in [-0.39, 0.29) is 12.1 Å². The van der Waals surface area contributed by atoms with Crippen LogP contribution < -0.4 is 9.80 Å². The lowest BCUT2D eigenvalue weighted by Gasteiger charge is -2.37. The quantitative estimate of drug-likeness (QED) is 0.647. The van der Waals surface area contributed by atoms with Gasteiger partial charge in [-0.05, 0) is 75.9 Å². The van der Waals surface area contributed by atoms with Crippen molar-refractivity contribution in [3.8, 4) is 0 Å². The van der Waals surface area contributed by atoms with E-state index in [1.807, 2.05) is 23.1 Å². The zero-order valence-corrected chi connectivity index (χ0v) is 17.2. The predicted octanol–water partition coefficient (Wildman–Crippen LogP) is 4.97. The third-order valence-corrected chi connectivity index (χ3v) is 5.51. The summed E-state index contributed by atoms with van der Waals surface area (Å²) in [5.41, 5.74) is 4.20. The van der Waals surface area contributed by atoms with Crippen molar-refractivity contribution in [3.63, 3.8) is 0 Å². The number of aryl methyl sites for hydroxylation is 1. The van der Waals surface area contributed by atoms with Crippen molar-refractivity contribution in [1.29, 1.82) is 0 Å². The van der Waals surface area contributed by atoms with Gasteiger partial charge in [0.1, 0.15) is 0 Å². The highest BCUT2D eigenvalue weighted by Gasteiger charge is 2.32. The summed E-state index contributed by atoms with van der Waals surface area (Å²) in [4.78, 5) is 21.4. The average molecular weight is 382 g/mol. The summed E-state index contributed by atoms with van der Waals surface area (Å²) in [6, 6.07) is 12.4. The number of benzene rings is 1. The summed E-state index contributed by atoms with van der Waals surface area (Å²) in [6.45, 7) is 8.68. The number of carbonyl (C=O) groups is 1. The number of nitrogens with zero attached hydrogens (tertiary/aromatic N) is 3. The molecule has 5 nitrogen and oxygen atoms in total. The number of ether oxygens (including phenoxy) is 1. The van der Waals surface area contributed by atoms with Gasteiger partial charge in [-0.25, -0.2) is 4.79 Å². The van der Waals surface area contributed by atoms with E-state index in [9.17, 15) is 4.79 Å². The van der Waals surface area contributed by atoms with E-state index >= 15 is 0 Å². The summed E-state index contributed by atoms with van der Waals surface area (Å²) >= 11 is 0. The molecule has 5 heteroatoms. The van der Waals surface area contributed by atoms with Crippen LogP contribution in [0.15, 0.2) is 42.6 Å². The van der Waals surface area contributed by atoms with Crippen LogP contribution in [0.3, 0.4) is 0 Å². The highest BCUT2D eigenvalue weighted by atomic mass is 16.6. The molecule has 1 heterocycles. The van der Waals surface area contributed by atoms with Crippen LogP contribution in [0.25, 0.3) is 0 Å². The van der Waals surface area contributed by atoms with Crippen molar-refractivity contribution in [1.82, 2.24) is 4.98 Å².